The SMILES string of the molecule is CC(C)Oc1cnc([N+](=O)[O-])[nH]1. The third-order valence-electron chi connectivity index (χ3n) is 1.07. The molecule has 0 aliphatic rings. The summed E-state index contributed by atoms with van der Waals surface area (Å²) in [5, 5.41) is 10.2. The van der Waals surface area contributed by atoms with Crippen molar-refractivity contribution in [2.45, 2.75) is 20.0 Å². The number of aromatic amines is 1. The highest BCUT2D eigenvalue weighted by atomic mass is 16.6. The Morgan fingerprint density at radius 2 is 2.42 bits per heavy atom. The summed E-state index contributed by atoms with van der Waals surface area (Å²) < 4.78 is 5.12. The average molecular weight is 171 g/mol. The molecule has 66 valence electrons. The summed E-state index contributed by atoms with van der Waals surface area (Å²) in [6, 6.07) is 0. The Kier molecular flexibility index (Phi) is 2.27. The summed E-state index contributed by atoms with van der Waals surface area (Å²) >= 11 is 0. The minimum atomic E-state index is -0.604. The Morgan fingerprint density at radius 1 is 1.75 bits per heavy atom. The van der Waals surface area contributed by atoms with Crippen LogP contribution in [0.4, 0.5) is 5.95 Å². The summed E-state index contributed by atoms with van der Waals surface area (Å²) in [4.78, 5) is 15.5. The number of nitrogens with one attached hydrogen (secondary N) is 1. The van der Waals surface area contributed by atoms with E-state index >= 15 is 0 Å². The van der Waals surface area contributed by atoms with Crippen LogP contribution in [0.15, 0.2) is 6.20 Å². The summed E-state index contributed by atoms with van der Waals surface area (Å²) in [5.74, 6) is 0.0161. The first-order valence-corrected chi connectivity index (χ1v) is 3.45. The molecule has 0 saturated carbocycles. The van der Waals surface area contributed by atoms with Gasteiger partial charge in [0, 0.05) is 0 Å². The van der Waals surface area contributed by atoms with Gasteiger partial charge in [-0.2, -0.15) is 0 Å². The number of imidazole rings is 1. The van der Waals surface area contributed by atoms with Crippen LogP contribution in [0.1, 0.15) is 13.8 Å². The van der Waals surface area contributed by atoms with Gasteiger partial charge in [-0.3, -0.25) is 0 Å². The molecule has 0 aromatic carbocycles. The quantitative estimate of drug-likeness (QED) is 0.545. The molecule has 6 heteroatoms. The van der Waals surface area contributed by atoms with Gasteiger partial charge in [0.25, 0.3) is 5.88 Å². The lowest BCUT2D eigenvalue weighted by molar-refractivity contribution is -0.393. The van der Waals surface area contributed by atoms with E-state index in [0.29, 0.717) is 5.88 Å². The van der Waals surface area contributed by atoms with Crippen molar-refractivity contribution in [3.8, 4) is 5.88 Å². The third-order valence-corrected chi connectivity index (χ3v) is 1.07. The fourth-order valence-corrected chi connectivity index (χ4v) is 0.701. The van der Waals surface area contributed by atoms with Crippen LogP contribution in [0.5, 0.6) is 5.88 Å². The molecule has 0 amide bonds. The van der Waals surface area contributed by atoms with Crippen LogP contribution in [-0.4, -0.2) is 21.0 Å². The second-order valence-electron chi connectivity index (χ2n) is 2.49. The van der Waals surface area contributed by atoms with Crippen molar-refractivity contribution in [2.75, 3.05) is 0 Å². The molecule has 1 aromatic rings. The van der Waals surface area contributed by atoms with Gasteiger partial charge in [-0.05, 0) is 18.8 Å². The van der Waals surface area contributed by atoms with E-state index in [9.17, 15) is 10.1 Å². The van der Waals surface area contributed by atoms with E-state index in [1.54, 1.807) is 0 Å². The van der Waals surface area contributed by atoms with Gasteiger partial charge in [-0.1, -0.05) is 4.98 Å². The Balaban J connectivity index is 2.71. The lowest BCUT2D eigenvalue weighted by atomic mass is 10.5. The maximum absolute atomic E-state index is 10.2. The van der Waals surface area contributed by atoms with Crippen molar-refractivity contribution >= 4 is 5.95 Å². The maximum atomic E-state index is 10.2. The minimum Gasteiger partial charge on any atom is -0.463 e. The van der Waals surface area contributed by atoms with Crippen molar-refractivity contribution in [1.29, 1.82) is 0 Å². The Bertz CT molecular complexity index is 281. The van der Waals surface area contributed by atoms with E-state index in [0.717, 1.165) is 0 Å². The summed E-state index contributed by atoms with van der Waals surface area (Å²) in [6.07, 6.45) is 1.27. The van der Waals surface area contributed by atoms with Gasteiger partial charge in [0.1, 0.15) is 0 Å². The molecule has 0 bridgehead atoms. The molecule has 0 fully saturated rings. The van der Waals surface area contributed by atoms with E-state index < -0.39 is 4.92 Å². The Hall–Kier alpha value is -1.59. The van der Waals surface area contributed by atoms with Gasteiger partial charge >= 0.3 is 5.95 Å². The van der Waals surface area contributed by atoms with Crippen LogP contribution in [0.3, 0.4) is 0 Å². The second-order valence-corrected chi connectivity index (χ2v) is 2.49. The monoisotopic (exact) mass is 171 g/mol. The average Bonchev–Trinajstić information content (AvgIpc) is 2.34. The van der Waals surface area contributed by atoms with E-state index in [1.807, 2.05) is 13.8 Å². The molecule has 0 aliphatic carbocycles. The van der Waals surface area contributed by atoms with Crippen molar-refractivity contribution in [3.63, 3.8) is 0 Å². The largest absolute Gasteiger partial charge is 0.463 e. The lowest BCUT2D eigenvalue weighted by Gasteiger charge is -2.02. The Labute approximate surface area is 68.7 Å². The number of aromatic nitrogens is 2. The summed E-state index contributed by atoms with van der Waals surface area (Å²) in [7, 11) is 0. The fraction of sp³-hybridized carbons (Fsp3) is 0.500. The van der Waals surface area contributed by atoms with Crippen LogP contribution in [-0.2, 0) is 0 Å². The van der Waals surface area contributed by atoms with Gasteiger partial charge in [0.15, 0.2) is 6.20 Å². The Morgan fingerprint density at radius 3 is 2.83 bits per heavy atom. The normalized spacial score (nSPS) is 10.2. The molecular formula is C6H9N3O3. The molecule has 12 heavy (non-hydrogen) atoms. The van der Waals surface area contributed by atoms with Crippen LogP contribution in [0.2, 0.25) is 0 Å². The first-order chi connectivity index (χ1) is 5.59. The number of hydrogen-bond acceptors (Lipinski definition) is 4. The highest BCUT2D eigenvalue weighted by Gasteiger charge is 2.12. The number of hydrogen-bond donors (Lipinski definition) is 1. The zero-order valence-electron chi connectivity index (χ0n) is 6.77. The molecule has 0 saturated heterocycles. The number of nitro groups is 1. The third kappa shape index (κ3) is 1.94. The fourth-order valence-electron chi connectivity index (χ4n) is 0.701. The smallest absolute Gasteiger partial charge is 0.435 e. The molecule has 1 N–H and O–H groups in total. The maximum Gasteiger partial charge on any atom is 0.435 e. The molecule has 0 unspecified atom stereocenters. The van der Waals surface area contributed by atoms with Crippen molar-refractivity contribution in [2.24, 2.45) is 0 Å². The summed E-state index contributed by atoms with van der Waals surface area (Å²) in [5.41, 5.74) is 0. The van der Waals surface area contributed by atoms with Gasteiger partial charge in [-0.15, -0.1) is 0 Å². The molecule has 0 atom stereocenters. The van der Waals surface area contributed by atoms with Gasteiger partial charge in [-0.25, -0.2) is 4.98 Å². The topological polar surface area (TPSA) is 81.1 Å². The number of ether oxygens (including phenoxy) is 1. The zero-order valence-corrected chi connectivity index (χ0v) is 6.77. The summed E-state index contributed by atoms with van der Waals surface area (Å²) in [6.45, 7) is 3.65. The minimum absolute atomic E-state index is 0.0231. The standard InChI is InChI=1S/C6H9N3O3/c1-4(2)12-5-3-7-6(8-5)9(10)11/h3-4H,1-2H3,(H,7,8). The number of nitrogens with zero attached hydrogens (tertiary/aromatic N) is 2. The molecule has 0 aliphatic heterocycles. The van der Waals surface area contributed by atoms with E-state index in [4.69, 9.17) is 4.74 Å². The predicted molar refractivity (Wildman–Crippen MR) is 41.0 cm³/mol. The molecule has 1 aromatic heterocycles. The first-order valence-electron chi connectivity index (χ1n) is 3.45. The van der Waals surface area contributed by atoms with Crippen LogP contribution < -0.4 is 4.74 Å². The second kappa shape index (κ2) is 3.21. The van der Waals surface area contributed by atoms with Crippen LogP contribution in [0, 0.1) is 10.1 Å². The molecule has 1 rings (SSSR count). The van der Waals surface area contributed by atoms with Gasteiger partial charge in [0.05, 0.1) is 6.10 Å². The molecule has 1 heterocycles. The van der Waals surface area contributed by atoms with Crippen molar-refractivity contribution in [3.05, 3.63) is 16.3 Å². The van der Waals surface area contributed by atoms with E-state index in [1.165, 1.54) is 6.20 Å². The number of H-pyrrole nitrogens is 1. The van der Waals surface area contributed by atoms with Crippen molar-refractivity contribution < 1.29 is 9.66 Å². The first kappa shape index (κ1) is 8.51. The molecule has 0 spiro atoms. The molecular weight excluding hydrogens is 162 g/mol. The molecule has 6 nitrogen and oxygen atoms in total. The van der Waals surface area contributed by atoms with Crippen molar-refractivity contribution in [1.82, 2.24) is 9.97 Å². The lowest BCUT2D eigenvalue weighted by Crippen LogP contribution is -2.05. The van der Waals surface area contributed by atoms with Gasteiger partial charge < -0.3 is 14.9 Å². The van der Waals surface area contributed by atoms with Gasteiger partial charge in [0.2, 0.25) is 0 Å². The van der Waals surface area contributed by atoms with Crippen LogP contribution >= 0.6 is 0 Å². The van der Waals surface area contributed by atoms with E-state index in [-0.39, 0.29) is 12.1 Å². The number of rotatable bonds is 3. The van der Waals surface area contributed by atoms with Crippen LogP contribution in [0.25, 0.3) is 0 Å². The molecule has 0 radical (unpaired) electrons. The predicted octanol–water partition coefficient (Wildman–Crippen LogP) is 1.11. The zero-order chi connectivity index (χ0) is 9.14. The van der Waals surface area contributed by atoms with E-state index in [2.05, 4.69) is 9.97 Å². The highest BCUT2D eigenvalue weighted by molar-refractivity contribution is 5.15. The highest BCUT2D eigenvalue weighted by Crippen LogP contribution is 2.12.